The Morgan fingerprint density at radius 3 is 2.93 bits per heavy atom. The molecule has 1 aliphatic heterocycles. The summed E-state index contributed by atoms with van der Waals surface area (Å²) in [7, 11) is 0. The van der Waals surface area contributed by atoms with E-state index in [4.69, 9.17) is 0 Å². The van der Waals surface area contributed by atoms with Gasteiger partial charge >= 0.3 is 0 Å². The number of fused-ring (bicyclic) bond motifs is 1. The molecule has 4 heteroatoms. The zero-order valence-corrected chi connectivity index (χ0v) is 8.55. The molecule has 2 rings (SSSR count). The Morgan fingerprint density at radius 1 is 1.43 bits per heavy atom. The molecular weight excluding hydrogens is 178 g/mol. The smallest absolute Gasteiger partial charge is 0.255 e. The van der Waals surface area contributed by atoms with Gasteiger partial charge in [0.05, 0.1) is 11.3 Å². The molecule has 1 aromatic heterocycles. The summed E-state index contributed by atoms with van der Waals surface area (Å²) < 4.78 is 0. The zero-order chi connectivity index (χ0) is 10.1. The van der Waals surface area contributed by atoms with Gasteiger partial charge in [-0.25, -0.2) is 4.98 Å². The van der Waals surface area contributed by atoms with Crippen LogP contribution in [0.2, 0.25) is 0 Å². The highest BCUT2D eigenvalue weighted by atomic mass is 16.1. The third kappa shape index (κ3) is 1.70. The molecule has 2 heterocycles. The van der Waals surface area contributed by atoms with Crippen molar-refractivity contribution in [1.29, 1.82) is 0 Å². The molecule has 0 atom stereocenters. The molecular formula is C10H15N3O. The highest BCUT2D eigenvalue weighted by molar-refractivity contribution is 5.21. The van der Waals surface area contributed by atoms with Crippen molar-refractivity contribution in [3.63, 3.8) is 0 Å². The molecule has 0 unspecified atom stereocenters. The van der Waals surface area contributed by atoms with Crippen molar-refractivity contribution >= 4 is 0 Å². The number of rotatable bonds is 2. The number of aromatic amines is 1. The van der Waals surface area contributed by atoms with Crippen LogP contribution in [0.1, 0.15) is 30.9 Å². The van der Waals surface area contributed by atoms with Crippen LogP contribution in [0.5, 0.6) is 0 Å². The van der Waals surface area contributed by atoms with Gasteiger partial charge in [-0.1, -0.05) is 13.8 Å². The SMILES string of the molecule is CC(C)Cc1nc2c(c(=O)[nH]1)CNC2. The topological polar surface area (TPSA) is 57.8 Å². The van der Waals surface area contributed by atoms with Gasteiger partial charge in [-0.3, -0.25) is 4.79 Å². The van der Waals surface area contributed by atoms with Crippen LogP contribution in [0.15, 0.2) is 4.79 Å². The Labute approximate surface area is 82.8 Å². The lowest BCUT2D eigenvalue weighted by atomic mass is 10.1. The molecule has 0 amide bonds. The number of nitrogens with one attached hydrogen (secondary N) is 2. The molecule has 1 aliphatic rings. The quantitative estimate of drug-likeness (QED) is 0.722. The standard InChI is InChI=1S/C10H15N3O/c1-6(2)3-9-12-8-5-11-4-7(8)10(14)13-9/h6,11H,3-5H2,1-2H3,(H,12,13,14). The highest BCUT2D eigenvalue weighted by Gasteiger charge is 2.16. The van der Waals surface area contributed by atoms with Crippen LogP contribution in [0.4, 0.5) is 0 Å². The fraction of sp³-hybridized carbons (Fsp3) is 0.600. The van der Waals surface area contributed by atoms with Crippen LogP contribution in [0.25, 0.3) is 0 Å². The number of nitrogens with zero attached hydrogens (tertiary/aromatic N) is 1. The fourth-order valence-corrected chi connectivity index (χ4v) is 1.71. The van der Waals surface area contributed by atoms with Crippen LogP contribution in [-0.4, -0.2) is 9.97 Å². The first-order valence-electron chi connectivity index (χ1n) is 4.98. The van der Waals surface area contributed by atoms with Crippen molar-refractivity contribution in [3.05, 3.63) is 27.4 Å². The second-order valence-electron chi connectivity index (χ2n) is 4.14. The van der Waals surface area contributed by atoms with Crippen LogP contribution >= 0.6 is 0 Å². The van der Waals surface area contributed by atoms with Crippen LogP contribution < -0.4 is 10.9 Å². The molecule has 0 aliphatic carbocycles. The summed E-state index contributed by atoms with van der Waals surface area (Å²) in [6, 6.07) is 0. The molecule has 0 spiro atoms. The Kier molecular flexibility index (Phi) is 2.37. The van der Waals surface area contributed by atoms with E-state index in [2.05, 4.69) is 29.1 Å². The molecule has 0 radical (unpaired) electrons. The van der Waals surface area contributed by atoms with Crippen molar-refractivity contribution in [3.8, 4) is 0 Å². The summed E-state index contributed by atoms with van der Waals surface area (Å²) >= 11 is 0. The molecule has 14 heavy (non-hydrogen) atoms. The molecule has 0 saturated heterocycles. The summed E-state index contributed by atoms with van der Waals surface area (Å²) in [5.41, 5.74) is 1.75. The second kappa shape index (κ2) is 3.53. The van der Waals surface area contributed by atoms with E-state index in [1.165, 1.54) is 0 Å². The van der Waals surface area contributed by atoms with E-state index in [1.807, 2.05) is 0 Å². The third-order valence-electron chi connectivity index (χ3n) is 2.35. The van der Waals surface area contributed by atoms with Crippen molar-refractivity contribution in [2.45, 2.75) is 33.4 Å². The third-order valence-corrected chi connectivity index (χ3v) is 2.35. The fourth-order valence-electron chi connectivity index (χ4n) is 1.71. The Morgan fingerprint density at radius 2 is 2.21 bits per heavy atom. The van der Waals surface area contributed by atoms with Gasteiger partial charge in [0.25, 0.3) is 5.56 Å². The average Bonchev–Trinajstić information content (AvgIpc) is 2.50. The molecule has 1 aromatic rings. The van der Waals surface area contributed by atoms with Gasteiger partial charge in [0.1, 0.15) is 5.82 Å². The maximum Gasteiger partial charge on any atom is 0.255 e. The molecule has 0 bridgehead atoms. The number of H-pyrrole nitrogens is 1. The van der Waals surface area contributed by atoms with E-state index in [0.717, 1.165) is 30.0 Å². The van der Waals surface area contributed by atoms with E-state index >= 15 is 0 Å². The van der Waals surface area contributed by atoms with Crippen molar-refractivity contribution in [2.75, 3.05) is 0 Å². The van der Waals surface area contributed by atoms with Gasteiger partial charge in [0.2, 0.25) is 0 Å². The minimum atomic E-state index is 0.0238. The first kappa shape index (κ1) is 9.40. The van der Waals surface area contributed by atoms with Crippen LogP contribution in [-0.2, 0) is 19.5 Å². The summed E-state index contributed by atoms with van der Waals surface area (Å²) in [5.74, 6) is 1.33. The molecule has 76 valence electrons. The maximum atomic E-state index is 11.6. The van der Waals surface area contributed by atoms with Gasteiger partial charge in [-0.05, 0) is 5.92 Å². The Bertz CT molecular complexity index is 395. The van der Waals surface area contributed by atoms with E-state index in [9.17, 15) is 4.79 Å². The summed E-state index contributed by atoms with van der Waals surface area (Å²) in [6.45, 7) is 5.61. The maximum absolute atomic E-state index is 11.6. The number of hydrogen-bond acceptors (Lipinski definition) is 3. The zero-order valence-electron chi connectivity index (χ0n) is 8.55. The molecule has 0 fully saturated rings. The number of hydrogen-bond donors (Lipinski definition) is 2. The van der Waals surface area contributed by atoms with Gasteiger partial charge in [0.15, 0.2) is 0 Å². The molecule has 0 aromatic carbocycles. The van der Waals surface area contributed by atoms with Gasteiger partial charge in [-0.15, -0.1) is 0 Å². The molecule has 2 N–H and O–H groups in total. The first-order chi connectivity index (χ1) is 6.66. The van der Waals surface area contributed by atoms with E-state index in [-0.39, 0.29) is 5.56 Å². The van der Waals surface area contributed by atoms with Gasteiger partial charge in [-0.2, -0.15) is 0 Å². The summed E-state index contributed by atoms with van der Waals surface area (Å²) in [4.78, 5) is 18.8. The van der Waals surface area contributed by atoms with Gasteiger partial charge in [0, 0.05) is 19.5 Å². The van der Waals surface area contributed by atoms with Crippen LogP contribution in [0.3, 0.4) is 0 Å². The van der Waals surface area contributed by atoms with E-state index in [0.29, 0.717) is 12.5 Å². The van der Waals surface area contributed by atoms with Crippen LogP contribution in [0, 0.1) is 5.92 Å². The Hall–Kier alpha value is -1.16. The summed E-state index contributed by atoms with van der Waals surface area (Å²) in [5, 5.41) is 3.13. The molecule has 0 saturated carbocycles. The second-order valence-corrected chi connectivity index (χ2v) is 4.14. The van der Waals surface area contributed by atoms with Gasteiger partial charge < -0.3 is 10.3 Å². The molecule has 4 nitrogen and oxygen atoms in total. The van der Waals surface area contributed by atoms with E-state index < -0.39 is 0 Å². The Balaban J connectivity index is 2.37. The highest BCUT2D eigenvalue weighted by Crippen LogP contribution is 2.09. The van der Waals surface area contributed by atoms with E-state index in [1.54, 1.807) is 0 Å². The minimum absolute atomic E-state index is 0.0238. The lowest BCUT2D eigenvalue weighted by Crippen LogP contribution is -2.18. The number of aromatic nitrogens is 2. The minimum Gasteiger partial charge on any atom is -0.310 e. The monoisotopic (exact) mass is 193 g/mol. The first-order valence-corrected chi connectivity index (χ1v) is 4.98. The van der Waals surface area contributed by atoms with Crippen molar-refractivity contribution in [1.82, 2.24) is 15.3 Å². The lowest BCUT2D eigenvalue weighted by Gasteiger charge is -2.05. The average molecular weight is 193 g/mol. The van der Waals surface area contributed by atoms with Crippen molar-refractivity contribution < 1.29 is 0 Å². The lowest BCUT2D eigenvalue weighted by molar-refractivity contribution is 0.615. The largest absolute Gasteiger partial charge is 0.310 e. The summed E-state index contributed by atoms with van der Waals surface area (Å²) in [6.07, 6.45) is 0.836. The van der Waals surface area contributed by atoms with Crippen molar-refractivity contribution in [2.24, 2.45) is 5.92 Å². The predicted molar refractivity (Wildman–Crippen MR) is 53.9 cm³/mol. The predicted octanol–water partition coefficient (Wildman–Crippen LogP) is 0.572. The normalized spacial score (nSPS) is 14.8.